The Bertz CT molecular complexity index is 684. The highest BCUT2D eigenvalue weighted by Gasteiger charge is 2.27. The molecular weight excluding hydrogens is 308 g/mol. The normalized spacial score (nSPS) is 14.8. The molecule has 1 aliphatic rings. The van der Waals surface area contributed by atoms with Gasteiger partial charge in [-0.1, -0.05) is 5.16 Å². The van der Waals surface area contributed by atoms with Gasteiger partial charge in [-0.2, -0.15) is 0 Å². The fraction of sp³-hybridized carbons (Fsp3) is 0.500. The van der Waals surface area contributed by atoms with Gasteiger partial charge in [0.05, 0.1) is 5.69 Å². The lowest BCUT2D eigenvalue weighted by molar-refractivity contribution is 0.0744. The Balaban J connectivity index is 1.62. The third-order valence-electron chi connectivity index (χ3n) is 4.15. The quantitative estimate of drug-likeness (QED) is 0.908. The first-order valence-corrected chi connectivity index (χ1v) is 8.15. The lowest BCUT2D eigenvalue weighted by atomic mass is 10.1. The first kappa shape index (κ1) is 16.2. The molecule has 8 heteroatoms. The van der Waals surface area contributed by atoms with Crippen LogP contribution in [0.2, 0.25) is 0 Å². The maximum atomic E-state index is 12.6. The second kappa shape index (κ2) is 6.86. The van der Waals surface area contributed by atoms with Gasteiger partial charge in [0.25, 0.3) is 5.91 Å². The van der Waals surface area contributed by atoms with Crippen LogP contribution in [0.4, 0.5) is 11.6 Å². The number of aryl methyl sites for hydroxylation is 2. The fourth-order valence-corrected chi connectivity index (χ4v) is 2.85. The van der Waals surface area contributed by atoms with Crippen molar-refractivity contribution in [3.8, 4) is 0 Å². The van der Waals surface area contributed by atoms with Gasteiger partial charge >= 0.3 is 0 Å². The third kappa shape index (κ3) is 3.17. The Hall–Kier alpha value is -2.64. The molecule has 8 nitrogen and oxygen atoms in total. The highest BCUT2D eigenvalue weighted by atomic mass is 16.5. The number of carbonyl (C=O) groups excluding carboxylic acids is 1. The zero-order valence-corrected chi connectivity index (χ0v) is 14.2. The van der Waals surface area contributed by atoms with E-state index in [0.717, 1.165) is 31.3 Å². The average Bonchev–Trinajstić information content (AvgIpc) is 2.94. The minimum absolute atomic E-state index is 0.0144. The molecular formula is C16H22N6O2. The second-order valence-corrected chi connectivity index (χ2v) is 5.79. The van der Waals surface area contributed by atoms with Gasteiger partial charge < -0.3 is 19.6 Å². The summed E-state index contributed by atoms with van der Waals surface area (Å²) >= 11 is 0. The smallest absolute Gasteiger partial charge is 0.259 e. The van der Waals surface area contributed by atoms with Crippen LogP contribution in [0.25, 0.3) is 0 Å². The molecule has 128 valence electrons. The molecule has 1 fully saturated rings. The molecule has 0 spiro atoms. The van der Waals surface area contributed by atoms with Gasteiger partial charge in [-0.15, -0.1) is 10.2 Å². The summed E-state index contributed by atoms with van der Waals surface area (Å²) in [5, 5.41) is 15.4. The summed E-state index contributed by atoms with van der Waals surface area (Å²) < 4.78 is 5.10. The number of carbonyl (C=O) groups is 1. The van der Waals surface area contributed by atoms with E-state index in [0.29, 0.717) is 30.1 Å². The number of nitrogens with one attached hydrogen (secondary N) is 1. The Morgan fingerprint density at radius 3 is 2.50 bits per heavy atom. The summed E-state index contributed by atoms with van der Waals surface area (Å²) in [6.07, 6.45) is 0. The van der Waals surface area contributed by atoms with Gasteiger partial charge in [-0.05, 0) is 32.9 Å². The number of hydrogen-bond acceptors (Lipinski definition) is 7. The van der Waals surface area contributed by atoms with Gasteiger partial charge in [0.2, 0.25) is 0 Å². The highest BCUT2D eigenvalue weighted by Crippen LogP contribution is 2.18. The zero-order valence-electron chi connectivity index (χ0n) is 14.2. The van der Waals surface area contributed by atoms with E-state index >= 15 is 0 Å². The molecule has 1 aliphatic heterocycles. The van der Waals surface area contributed by atoms with Crippen LogP contribution in [0.5, 0.6) is 0 Å². The van der Waals surface area contributed by atoms with Crippen LogP contribution in [0.3, 0.4) is 0 Å². The summed E-state index contributed by atoms with van der Waals surface area (Å²) in [6, 6.07) is 3.88. The van der Waals surface area contributed by atoms with Crippen molar-refractivity contribution in [2.75, 3.05) is 42.9 Å². The highest BCUT2D eigenvalue weighted by molar-refractivity contribution is 5.96. The summed E-state index contributed by atoms with van der Waals surface area (Å²) in [5.74, 6) is 2.17. The molecule has 0 saturated carbocycles. The number of nitrogens with zero attached hydrogens (tertiary/aromatic N) is 5. The van der Waals surface area contributed by atoms with Crippen molar-refractivity contribution in [2.24, 2.45) is 0 Å². The van der Waals surface area contributed by atoms with Crippen molar-refractivity contribution in [2.45, 2.75) is 20.8 Å². The first-order chi connectivity index (χ1) is 11.6. The molecule has 3 rings (SSSR count). The maximum absolute atomic E-state index is 12.6. The topological polar surface area (TPSA) is 87.4 Å². The van der Waals surface area contributed by atoms with Gasteiger partial charge in [-0.3, -0.25) is 4.79 Å². The van der Waals surface area contributed by atoms with Crippen molar-refractivity contribution < 1.29 is 9.32 Å². The van der Waals surface area contributed by atoms with Gasteiger partial charge in [0, 0.05) is 32.7 Å². The third-order valence-corrected chi connectivity index (χ3v) is 4.15. The molecule has 0 atom stereocenters. The number of anilines is 2. The molecule has 3 heterocycles. The maximum Gasteiger partial charge on any atom is 0.259 e. The molecule has 1 N–H and O–H groups in total. The largest absolute Gasteiger partial charge is 0.369 e. The molecule has 1 amide bonds. The minimum Gasteiger partial charge on any atom is -0.369 e. The van der Waals surface area contributed by atoms with E-state index in [4.69, 9.17) is 4.52 Å². The van der Waals surface area contributed by atoms with E-state index in [1.54, 1.807) is 13.8 Å². The lowest BCUT2D eigenvalue weighted by Gasteiger charge is -2.35. The van der Waals surface area contributed by atoms with Crippen LogP contribution in [0.15, 0.2) is 16.7 Å². The number of piperazine rings is 1. The van der Waals surface area contributed by atoms with E-state index in [1.807, 2.05) is 24.0 Å². The molecule has 0 aliphatic carbocycles. The summed E-state index contributed by atoms with van der Waals surface area (Å²) in [6.45, 7) is 9.13. The Morgan fingerprint density at radius 2 is 1.96 bits per heavy atom. The predicted octanol–water partition coefficient (Wildman–Crippen LogP) is 1.48. The zero-order chi connectivity index (χ0) is 17.1. The van der Waals surface area contributed by atoms with Crippen molar-refractivity contribution >= 4 is 17.5 Å². The Morgan fingerprint density at radius 1 is 1.21 bits per heavy atom. The lowest BCUT2D eigenvalue weighted by Crippen LogP contribution is -2.49. The van der Waals surface area contributed by atoms with Crippen molar-refractivity contribution in [3.05, 3.63) is 29.2 Å². The molecule has 0 aromatic carbocycles. The molecule has 2 aromatic heterocycles. The Kier molecular flexibility index (Phi) is 4.64. The Labute approximate surface area is 140 Å². The molecule has 2 aromatic rings. The van der Waals surface area contributed by atoms with Crippen LogP contribution in [0.1, 0.15) is 28.7 Å². The standard InChI is InChI=1S/C16H22N6O2/c1-4-17-13-5-6-14(19-18-13)21-7-9-22(10-8-21)16(23)15-11(2)20-24-12(15)3/h5-6H,4,7-10H2,1-3H3,(H,17,18). The van der Waals surface area contributed by atoms with Crippen LogP contribution >= 0.6 is 0 Å². The number of amides is 1. The average molecular weight is 330 g/mol. The minimum atomic E-state index is -0.0144. The van der Waals surface area contributed by atoms with Crippen molar-refractivity contribution in [1.82, 2.24) is 20.3 Å². The van der Waals surface area contributed by atoms with Gasteiger partial charge in [-0.25, -0.2) is 0 Å². The summed E-state index contributed by atoms with van der Waals surface area (Å²) in [4.78, 5) is 16.6. The first-order valence-electron chi connectivity index (χ1n) is 8.15. The SMILES string of the molecule is CCNc1ccc(N2CCN(C(=O)c3c(C)noc3C)CC2)nn1. The van der Waals surface area contributed by atoms with Crippen LogP contribution in [0, 0.1) is 13.8 Å². The van der Waals surface area contributed by atoms with E-state index in [2.05, 4.69) is 25.6 Å². The molecule has 24 heavy (non-hydrogen) atoms. The van der Waals surface area contributed by atoms with E-state index < -0.39 is 0 Å². The molecule has 0 bridgehead atoms. The molecule has 0 radical (unpaired) electrons. The van der Waals surface area contributed by atoms with E-state index in [-0.39, 0.29) is 5.91 Å². The number of hydrogen-bond donors (Lipinski definition) is 1. The van der Waals surface area contributed by atoms with Crippen LogP contribution in [-0.2, 0) is 0 Å². The predicted molar refractivity (Wildman–Crippen MR) is 90.3 cm³/mol. The van der Waals surface area contributed by atoms with Crippen molar-refractivity contribution in [1.29, 1.82) is 0 Å². The number of rotatable bonds is 4. The number of aromatic nitrogens is 3. The fourth-order valence-electron chi connectivity index (χ4n) is 2.85. The van der Waals surface area contributed by atoms with Crippen LogP contribution < -0.4 is 10.2 Å². The monoisotopic (exact) mass is 330 g/mol. The second-order valence-electron chi connectivity index (χ2n) is 5.79. The molecule has 1 saturated heterocycles. The summed E-state index contributed by atoms with van der Waals surface area (Å²) in [5.41, 5.74) is 1.23. The van der Waals surface area contributed by atoms with Gasteiger partial charge in [0.15, 0.2) is 5.82 Å². The van der Waals surface area contributed by atoms with Gasteiger partial charge in [0.1, 0.15) is 17.1 Å². The van der Waals surface area contributed by atoms with E-state index in [1.165, 1.54) is 0 Å². The van der Waals surface area contributed by atoms with Crippen molar-refractivity contribution in [3.63, 3.8) is 0 Å². The van der Waals surface area contributed by atoms with E-state index in [9.17, 15) is 4.79 Å². The van der Waals surface area contributed by atoms with Crippen LogP contribution in [-0.4, -0.2) is 58.9 Å². The summed E-state index contributed by atoms with van der Waals surface area (Å²) in [7, 11) is 0. The molecule has 0 unspecified atom stereocenters.